The van der Waals surface area contributed by atoms with Gasteiger partial charge in [0.25, 0.3) is 0 Å². The average molecular weight is 228 g/mol. The molecule has 60 valence electrons. The van der Waals surface area contributed by atoms with E-state index in [0.717, 1.165) is 12.1 Å². The van der Waals surface area contributed by atoms with E-state index in [9.17, 15) is 0 Å². The third-order valence-corrected chi connectivity index (χ3v) is 1.48. The van der Waals surface area contributed by atoms with Crippen LogP contribution < -0.4 is 0 Å². The number of hydrogen-bond donors (Lipinski definition) is 0. The molecule has 1 unspecified atom stereocenters. The van der Waals surface area contributed by atoms with Gasteiger partial charge >= 0.3 is 0 Å². The molecule has 1 aromatic rings. The van der Waals surface area contributed by atoms with Gasteiger partial charge in [0, 0.05) is 32.4 Å². The molecule has 0 fully saturated rings. The fourth-order valence-corrected chi connectivity index (χ4v) is 0.811. The van der Waals surface area contributed by atoms with E-state index in [1.807, 2.05) is 23.9 Å². The van der Waals surface area contributed by atoms with Crippen LogP contribution in [0.25, 0.3) is 0 Å². The minimum atomic E-state index is 0. The smallest absolute Gasteiger partial charge is 0.0620 e. The molecule has 1 aromatic heterocycles. The van der Waals surface area contributed by atoms with Gasteiger partial charge in [-0.3, -0.25) is 4.68 Å². The molecule has 0 saturated carbocycles. The fourth-order valence-electron chi connectivity index (χ4n) is 0.811. The van der Waals surface area contributed by atoms with Crippen LogP contribution in [0.15, 0.2) is 12.3 Å². The monoisotopic (exact) mass is 227 g/mol. The minimum absolute atomic E-state index is 0. The summed E-state index contributed by atoms with van der Waals surface area (Å²) in [5.74, 6) is 0. The summed E-state index contributed by atoms with van der Waals surface area (Å²) in [5, 5.41) is 4.28. The van der Waals surface area contributed by atoms with Gasteiger partial charge in [-0.25, -0.2) is 0 Å². The Kier molecular flexibility index (Phi) is 4.91. The molecule has 0 N–H and O–H groups in total. The summed E-state index contributed by atoms with van der Waals surface area (Å²) in [4.78, 5) is 0. The van der Waals surface area contributed by atoms with Crippen LogP contribution in [0.4, 0.5) is 0 Å². The molecule has 0 bridgehead atoms. The first kappa shape index (κ1) is 11.1. The third kappa shape index (κ3) is 2.90. The molecule has 0 spiro atoms. The van der Waals surface area contributed by atoms with Crippen molar-refractivity contribution in [2.75, 3.05) is 0 Å². The van der Waals surface area contributed by atoms with Crippen LogP contribution >= 0.6 is 0 Å². The Morgan fingerprint density at radius 3 is 2.64 bits per heavy atom. The summed E-state index contributed by atoms with van der Waals surface area (Å²) in [7, 11) is 0. The van der Waals surface area contributed by atoms with Crippen LogP contribution in [0.3, 0.4) is 0 Å². The molecule has 0 amide bonds. The van der Waals surface area contributed by atoms with E-state index in [4.69, 9.17) is 0 Å². The van der Waals surface area contributed by atoms with Gasteiger partial charge < -0.3 is 6.92 Å². The zero-order valence-electron chi connectivity index (χ0n) is 7.04. The first-order valence-electron chi connectivity index (χ1n) is 3.61. The van der Waals surface area contributed by atoms with Crippen molar-refractivity contribution in [3.8, 4) is 0 Å². The molecule has 0 radical (unpaired) electrons. The van der Waals surface area contributed by atoms with Crippen molar-refractivity contribution in [1.82, 2.24) is 9.78 Å². The summed E-state index contributed by atoms with van der Waals surface area (Å²) < 4.78 is 1.87. The van der Waals surface area contributed by atoms with E-state index >= 15 is 0 Å². The zero-order chi connectivity index (χ0) is 7.56. The van der Waals surface area contributed by atoms with Crippen LogP contribution in [-0.2, 0) is 32.6 Å². The average Bonchev–Trinajstić information content (AvgIpc) is 2.34. The third-order valence-electron chi connectivity index (χ3n) is 1.48. The summed E-state index contributed by atoms with van der Waals surface area (Å²) in [6, 6.07) is 2.27. The summed E-state index contributed by atoms with van der Waals surface area (Å²) in [6.07, 6.45) is 2.97. The van der Waals surface area contributed by atoms with Crippen LogP contribution in [0, 0.1) is 6.92 Å². The Morgan fingerprint density at radius 2 is 2.36 bits per heavy atom. The van der Waals surface area contributed by atoms with Crippen LogP contribution in [-0.4, -0.2) is 9.78 Å². The molecular weight excluding hydrogens is 215 g/mol. The summed E-state index contributed by atoms with van der Waals surface area (Å²) >= 11 is 0. The van der Waals surface area contributed by atoms with Gasteiger partial charge in [-0.05, 0) is 12.5 Å². The molecular formula is C8H13N2Zr-. The van der Waals surface area contributed by atoms with Gasteiger partial charge in [0.05, 0.1) is 5.69 Å². The molecule has 0 aliphatic rings. The number of nitrogens with zero attached hydrogens (tertiary/aromatic N) is 2. The van der Waals surface area contributed by atoms with Crippen molar-refractivity contribution < 1.29 is 26.2 Å². The number of hydrogen-bond acceptors (Lipinski definition) is 1. The SMILES string of the molecule is [CH2-]C(C)n1ccc(CC)n1.[Zr]. The first-order chi connectivity index (χ1) is 4.74. The molecule has 3 heteroatoms. The fraction of sp³-hybridized carbons (Fsp3) is 0.500. The van der Waals surface area contributed by atoms with Crippen molar-refractivity contribution in [1.29, 1.82) is 0 Å². The van der Waals surface area contributed by atoms with Crippen LogP contribution in [0.2, 0.25) is 0 Å². The predicted octanol–water partition coefficient (Wildman–Crippen LogP) is 1.84. The van der Waals surface area contributed by atoms with E-state index in [-0.39, 0.29) is 32.2 Å². The maximum absolute atomic E-state index is 4.28. The second-order valence-electron chi connectivity index (χ2n) is 2.49. The second kappa shape index (κ2) is 4.87. The van der Waals surface area contributed by atoms with E-state index in [0.29, 0.717) is 0 Å². The molecule has 11 heavy (non-hydrogen) atoms. The van der Waals surface area contributed by atoms with E-state index in [1.54, 1.807) is 0 Å². The number of aryl methyl sites for hydroxylation is 1. The molecule has 1 heterocycles. The Hall–Kier alpha value is 0.0931. The maximum atomic E-state index is 4.28. The van der Waals surface area contributed by atoms with Gasteiger partial charge in [0.1, 0.15) is 0 Å². The number of aromatic nitrogens is 2. The van der Waals surface area contributed by atoms with Gasteiger partial charge in [-0.2, -0.15) is 5.10 Å². The van der Waals surface area contributed by atoms with Gasteiger partial charge in [0.15, 0.2) is 0 Å². The summed E-state index contributed by atoms with van der Waals surface area (Å²) in [5.41, 5.74) is 1.13. The van der Waals surface area contributed by atoms with Gasteiger partial charge in [0.2, 0.25) is 0 Å². The molecule has 1 rings (SSSR count). The van der Waals surface area contributed by atoms with Crippen molar-refractivity contribution in [2.45, 2.75) is 26.3 Å². The summed E-state index contributed by atoms with van der Waals surface area (Å²) in [6.45, 7) is 7.97. The predicted molar refractivity (Wildman–Crippen MR) is 41.7 cm³/mol. The maximum Gasteiger partial charge on any atom is 0.0620 e. The van der Waals surface area contributed by atoms with Crippen molar-refractivity contribution in [3.63, 3.8) is 0 Å². The molecule has 0 aliphatic heterocycles. The Bertz CT molecular complexity index is 206. The Labute approximate surface area is 87.1 Å². The molecule has 2 nitrogen and oxygen atoms in total. The molecule has 1 atom stereocenters. The van der Waals surface area contributed by atoms with E-state index in [2.05, 4.69) is 18.9 Å². The Morgan fingerprint density at radius 1 is 1.73 bits per heavy atom. The molecule has 0 saturated heterocycles. The number of rotatable bonds is 2. The standard InChI is InChI=1S/C8H13N2.Zr/c1-4-8-5-6-10(9-8)7(2)3;/h5-7H,2,4H2,1,3H3;/q-1;. The van der Waals surface area contributed by atoms with Crippen LogP contribution in [0.5, 0.6) is 0 Å². The van der Waals surface area contributed by atoms with Crippen LogP contribution in [0.1, 0.15) is 25.6 Å². The minimum Gasteiger partial charge on any atom is -0.319 e. The molecule has 0 aromatic carbocycles. The van der Waals surface area contributed by atoms with Crippen molar-refractivity contribution in [2.24, 2.45) is 0 Å². The zero-order valence-corrected chi connectivity index (χ0v) is 9.50. The van der Waals surface area contributed by atoms with Crippen molar-refractivity contribution in [3.05, 3.63) is 24.9 Å². The molecule has 0 aliphatic carbocycles. The van der Waals surface area contributed by atoms with Crippen molar-refractivity contribution >= 4 is 0 Å². The van der Waals surface area contributed by atoms with Gasteiger partial charge in [-0.1, -0.05) is 19.9 Å². The van der Waals surface area contributed by atoms with E-state index in [1.165, 1.54) is 0 Å². The topological polar surface area (TPSA) is 17.8 Å². The Balaban J connectivity index is 0.000001000. The van der Waals surface area contributed by atoms with E-state index < -0.39 is 0 Å². The van der Waals surface area contributed by atoms with Gasteiger partial charge in [-0.15, -0.1) is 0 Å². The largest absolute Gasteiger partial charge is 0.319 e. The normalized spacial score (nSPS) is 12.3. The first-order valence-corrected chi connectivity index (χ1v) is 3.61. The second-order valence-corrected chi connectivity index (χ2v) is 2.49. The quantitative estimate of drug-likeness (QED) is 0.706.